The zero-order valence-electron chi connectivity index (χ0n) is 9.16. The number of sulfonamides is 1. The van der Waals surface area contributed by atoms with Gasteiger partial charge in [0.05, 0.1) is 3.79 Å². The molecule has 1 unspecified atom stereocenters. The van der Waals surface area contributed by atoms with E-state index in [1.165, 1.54) is 11.3 Å². The van der Waals surface area contributed by atoms with E-state index < -0.39 is 10.0 Å². The highest BCUT2D eigenvalue weighted by molar-refractivity contribution is 9.11. The van der Waals surface area contributed by atoms with Gasteiger partial charge in [-0.1, -0.05) is 6.08 Å². The fourth-order valence-electron chi connectivity index (χ4n) is 1.19. The summed E-state index contributed by atoms with van der Waals surface area (Å²) in [7, 11) is -3.39. The van der Waals surface area contributed by atoms with E-state index >= 15 is 0 Å². The normalized spacial score (nSPS) is 13.7. The van der Waals surface area contributed by atoms with Crippen LogP contribution in [0.4, 0.5) is 0 Å². The minimum Gasteiger partial charge on any atom is -0.207 e. The van der Waals surface area contributed by atoms with E-state index in [1.54, 1.807) is 12.1 Å². The van der Waals surface area contributed by atoms with Gasteiger partial charge in [0.15, 0.2) is 0 Å². The van der Waals surface area contributed by atoms with Crippen molar-refractivity contribution in [3.05, 3.63) is 28.1 Å². The molecule has 0 aromatic carbocycles. The van der Waals surface area contributed by atoms with Gasteiger partial charge in [0.1, 0.15) is 4.21 Å². The van der Waals surface area contributed by atoms with Gasteiger partial charge in [-0.15, -0.1) is 17.9 Å². The van der Waals surface area contributed by atoms with Crippen LogP contribution in [0.5, 0.6) is 0 Å². The average Bonchev–Trinajstić information content (AvgIpc) is 2.47. The first-order valence-corrected chi connectivity index (χ1v) is 7.85. The highest BCUT2D eigenvalue weighted by Crippen LogP contribution is 2.30. The number of aryl methyl sites for hydroxylation is 1. The quantitative estimate of drug-likeness (QED) is 0.846. The van der Waals surface area contributed by atoms with Crippen LogP contribution in [0.1, 0.15) is 18.9 Å². The van der Waals surface area contributed by atoms with Crippen LogP contribution < -0.4 is 4.72 Å². The smallest absolute Gasteiger partial charge is 0.207 e. The van der Waals surface area contributed by atoms with Crippen molar-refractivity contribution >= 4 is 37.3 Å². The summed E-state index contributed by atoms with van der Waals surface area (Å²) < 4.78 is 27.7. The van der Waals surface area contributed by atoms with E-state index in [-0.39, 0.29) is 6.04 Å². The molecule has 1 aromatic rings. The molecule has 1 aromatic heterocycles. The summed E-state index contributed by atoms with van der Waals surface area (Å²) in [4.78, 5) is 0. The van der Waals surface area contributed by atoms with Crippen LogP contribution in [0.2, 0.25) is 0 Å². The number of thiophene rings is 1. The Bertz CT molecular complexity index is 460. The van der Waals surface area contributed by atoms with Crippen molar-refractivity contribution in [3.8, 4) is 0 Å². The molecule has 1 rings (SSSR count). The molecule has 0 saturated heterocycles. The number of hydrogen-bond donors (Lipinski definition) is 1. The number of halogens is 1. The summed E-state index contributed by atoms with van der Waals surface area (Å²) in [6.45, 7) is 7.26. The fourth-order valence-corrected chi connectivity index (χ4v) is 4.68. The highest BCUT2D eigenvalue weighted by Gasteiger charge is 2.19. The molecule has 0 spiro atoms. The number of hydrogen-bond acceptors (Lipinski definition) is 3. The molecule has 0 fully saturated rings. The van der Waals surface area contributed by atoms with Gasteiger partial charge in [-0.25, -0.2) is 13.1 Å². The Morgan fingerprint density at radius 1 is 1.69 bits per heavy atom. The Morgan fingerprint density at radius 2 is 2.31 bits per heavy atom. The van der Waals surface area contributed by atoms with Crippen molar-refractivity contribution in [3.63, 3.8) is 0 Å². The third kappa shape index (κ3) is 3.41. The second-order valence-electron chi connectivity index (χ2n) is 3.57. The van der Waals surface area contributed by atoms with E-state index in [4.69, 9.17) is 0 Å². The predicted octanol–water partition coefficient (Wildman–Crippen LogP) is 3.06. The zero-order chi connectivity index (χ0) is 12.3. The van der Waals surface area contributed by atoms with Crippen molar-refractivity contribution < 1.29 is 8.42 Å². The Morgan fingerprint density at radius 3 is 2.75 bits per heavy atom. The molecule has 0 aliphatic heterocycles. The minimum absolute atomic E-state index is 0.135. The molecule has 1 atom stereocenters. The number of nitrogens with one attached hydrogen (secondary N) is 1. The van der Waals surface area contributed by atoms with Crippen LogP contribution in [0.3, 0.4) is 0 Å². The Labute approximate surface area is 109 Å². The van der Waals surface area contributed by atoms with E-state index in [9.17, 15) is 8.42 Å². The molecule has 3 nitrogen and oxygen atoms in total. The zero-order valence-corrected chi connectivity index (χ0v) is 12.4. The van der Waals surface area contributed by atoms with E-state index in [0.29, 0.717) is 10.6 Å². The lowest BCUT2D eigenvalue weighted by Gasteiger charge is -2.10. The van der Waals surface area contributed by atoms with E-state index in [0.717, 1.165) is 9.35 Å². The maximum atomic E-state index is 11.9. The predicted molar refractivity (Wildman–Crippen MR) is 71.4 cm³/mol. The number of rotatable bonds is 5. The fraction of sp³-hybridized carbons (Fsp3) is 0.400. The largest absolute Gasteiger partial charge is 0.250 e. The molecule has 0 amide bonds. The molecule has 0 saturated carbocycles. The third-order valence-corrected chi connectivity index (χ3v) is 6.18. The van der Waals surface area contributed by atoms with Crippen LogP contribution in [-0.4, -0.2) is 14.5 Å². The van der Waals surface area contributed by atoms with Gasteiger partial charge in [0, 0.05) is 6.04 Å². The van der Waals surface area contributed by atoms with Crippen molar-refractivity contribution in [1.82, 2.24) is 4.72 Å². The van der Waals surface area contributed by atoms with Crippen LogP contribution in [-0.2, 0) is 10.0 Å². The molecule has 6 heteroatoms. The van der Waals surface area contributed by atoms with Crippen LogP contribution in [0, 0.1) is 6.92 Å². The molecule has 0 aliphatic rings. The molecule has 0 radical (unpaired) electrons. The summed E-state index contributed by atoms with van der Waals surface area (Å²) in [5.41, 5.74) is 0.932. The Kier molecular flexibility index (Phi) is 4.73. The van der Waals surface area contributed by atoms with Gasteiger partial charge in [0.25, 0.3) is 0 Å². The van der Waals surface area contributed by atoms with Crippen molar-refractivity contribution in [2.75, 3.05) is 0 Å². The Hall–Kier alpha value is -0.170. The molecule has 0 aliphatic carbocycles. The Balaban J connectivity index is 2.90. The maximum absolute atomic E-state index is 11.9. The molecule has 1 N–H and O–H groups in total. The lowest BCUT2D eigenvalue weighted by molar-refractivity contribution is 0.564. The van der Waals surface area contributed by atoms with Gasteiger partial charge in [-0.3, -0.25) is 0 Å². The maximum Gasteiger partial charge on any atom is 0.250 e. The molecular weight excluding hydrogens is 310 g/mol. The summed E-state index contributed by atoms with van der Waals surface area (Å²) in [5, 5.41) is 0. The first kappa shape index (κ1) is 13.9. The van der Waals surface area contributed by atoms with Crippen LogP contribution in [0.25, 0.3) is 0 Å². The SMILES string of the molecule is C=CCC(C)NS(=O)(=O)c1cc(C)c(Br)s1. The van der Waals surface area contributed by atoms with E-state index in [1.807, 2.05) is 13.8 Å². The average molecular weight is 324 g/mol. The van der Waals surface area contributed by atoms with Crippen molar-refractivity contribution in [1.29, 1.82) is 0 Å². The van der Waals surface area contributed by atoms with E-state index in [2.05, 4.69) is 27.2 Å². The highest BCUT2D eigenvalue weighted by atomic mass is 79.9. The van der Waals surface area contributed by atoms with Gasteiger partial charge < -0.3 is 0 Å². The second kappa shape index (κ2) is 5.44. The molecule has 0 bridgehead atoms. The standard InChI is InChI=1S/C10H14BrNO2S2/c1-4-5-8(3)12-16(13,14)9-6-7(2)10(11)15-9/h4,6,8,12H,1,5H2,2-3H3. The molecule has 90 valence electrons. The topological polar surface area (TPSA) is 46.2 Å². The lowest BCUT2D eigenvalue weighted by atomic mass is 10.3. The van der Waals surface area contributed by atoms with Crippen LogP contribution in [0.15, 0.2) is 26.7 Å². The lowest BCUT2D eigenvalue weighted by Crippen LogP contribution is -2.31. The minimum atomic E-state index is -3.39. The molecule has 16 heavy (non-hydrogen) atoms. The van der Waals surface area contributed by atoms with Crippen LogP contribution >= 0.6 is 27.3 Å². The summed E-state index contributed by atoms with van der Waals surface area (Å²) in [5.74, 6) is 0. The summed E-state index contributed by atoms with van der Waals surface area (Å²) in [6.07, 6.45) is 2.31. The monoisotopic (exact) mass is 323 g/mol. The summed E-state index contributed by atoms with van der Waals surface area (Å²) >= 11 is 4.54. The first-order valence-electron chi connectivity index (χ1n) is 4.76. The summed E-state index contributed by atoms with van der Waals surface area (Å²) in [6, 6.07) is 1.53. The van der Waals surface area contributed by atoms with Gasteiger partial charge in [0.2, 0.25) is 10.0 Å². The first-order chi connectivity index (χ1) is 7.36. The van der Waals surface area contributed by atoms with Gasteiger partial charge in [-0.2, -0.15) is 0 Å². The van der Waals surface area contributed by atoms with Gasteiger partial charge in [-0.05, 0) is 47.8 Å². The third-order valence-electron chi connectivity index (χ3n) is 1.98. The van der Waals surface area contributed by atoms with Gasteiger partial charge >= 0.3 is 0 Å². The molecular formula is C10H14BrNO2S2. The molecule has 1 heterocycles. The van der Waals surface area contributed by atoms with Crippen molar-refractivity contribution in [2.24, 2.45) is 0 Å². The second-order valence-corrected chi connectivity index (χ2v) is 7.88. The van der Waals surface area contributed by atoms with Crippen molar-refractivity contribution in [2.45, 2.75) is 30.5 Å².